The van der Waals surface area contributed by atoms with Gasteiger partial charge in [0.05, 0.1) is 4.92 Å². The third-order valence-electron chi connectivity index (χ3n) is 2.83. The predicted molar refractivity (Wildman–Crippen MR) is 72.5 cm³/mol. The molecule has 1 amide bonds. The van der Waals surface area contributed by atoms with Gasteiger partial charge in [0, 0.05) is 17.7 Å². The molecule has 102 valence electrons. The number of hydrogen-bond donors (Lipinski definition) is 2. The molecule has 0 atom stereocenters. The molecule has 0 saturated heterocycles. The first-order valence-corrected chi connectivity index (χ1v) is 5.82. The maximum absolute atomic E-state index is 11.5. The summed E-state index contributed by atoms with van der Waals surface area (Å²) in [4.78, 5) is 21.8. The summed E-state index contributed by atoms with van der Waals surface area (Å²) in [6.07, 6.45) is 0. The highest BCUT2D eigenvalue weighted by molar-refractivity contribution is 5.95. The number of nitrogens with one attached hydrogen (secondary N) is 1. The van der Waals surface area contributed by atoms with E-state index in [0.717, 1.165) is 5.56 Å². The second-order valence-corrected chi connectivity index (χ2v) is 4.34. The number of nitro groups is 1. The van der Waals surface area contributed by atoms with Gasteiger partial charge in [0.25, 0.3) is 11.6 Å². The van der Waals surface area contributed by atoms with Gasteiger partial charge in [0.1, 0.15) is 0 Å². The summed E-state index contributed by atoms with van der Waals surface area (Å²) in [5.41, 5.74) is 3.96. The lowest BCUT2D eigenvalue weighted by atomic mass is 9.99. The van der Waals surface area contributed by atoms with Crippen LogP contribution in [0.4, 0.5) is 5.69 Å². The van der Waals surface area contributed by atoms with Crippen LogP contribution in [0.3, 0.4) is 0 Å². The van der Waals surface area contributed by atoms with Crippen molar-refractivity contribution in [1.82, 2.24) is 5.48 Å². The number of amides is 1. The Morgan fingerprint density at radius 3 is 2.60 bits per heavy atom. The standard InChI is InChI=1S/C14H12N2O4/c1-9-5-11(7-12(6-9)14(17)15-18)10-3-2-4-13(8-10)16(19)20/h2-8,18H,1H3,(H,15,17). The monoisotopic (exact) mass is 272 g/mol. The predicted octanol–water partition coefficient (Wildman–Crippen LogP) is 2.69. The fourth-order valence-electron chi connectivity index (χ4n) is 1.94. The Labute approximate surface area is 114 Å². The van der Waals surface area contributed by atoms with Gasteiger partial charge in [0.2, 0.25) is 0 Å². The fourth-order valence-corrected chi connectivity index (χ4v) is 1.94. The second kappa shape index (κ2) is 5.50. The van der Waals surface area contributed by atoms with E-state index >= 15 is 0 Å². The van der Waals surface area contributed by atoms with Gasteiger partial charge >= 0.3 is 0 Å². The molecule has 6 heteroatoms. The van der Waals surface area contributed by atoms with Crippen LogP contribution in [-0.4, -0.2) is 16.0 Å². The van der Waals surface area contributed by atoms with Crippen LogP contribution >= 0.6 is 0 Å². The molecule has 0 bridgehead atoms. The van der Waals surface area contributed by atoms with Crippen molar-refractivity contribution in [2.24, 2.45) is 0 Å². The number of hydrogen-bond acceptors (Lipinski definition) is 4. The summed E-state index contributed by atoms with van der Waals surface area (Å²) >= 11 is 0. The summed E-state index contributed by atoms with van der Waals surface area (Å²) in [5, 5.41) is 19.4. The maximum atomic E-state index is 11.5. The third-order valence-corrected chi connectivity index (χ3v) is 2.83. The average Bonchev–Trinajstić information content (AvgIpc) is 2.45. The molecule has 2 N–H and O–H groups in total. The minimum absolute atomic E-state index is 0.0165. The molecule has 0 unspecified atom stereocenters. The van der Waals surface area contributed by atoms with E-state index in [1.165, 1.54) is 12.1 Å². The van der Waals surface area contributed by atoms with Crippen LogP contribution in [0.25, 0.3) is 11.1 Å². The van der Waals surface area contributed by atoms with Crippen molar-refractivity contribution >= 4 is 11.6 Å². The van der Waals surface area contributed by atoms with Crippen LogP contribution in [0, 0.1) is 17.0 Å². The van der Waals surface area contributed by atoms with Crippen molar-refractivity contribution < 1.29 is 14.9 Å². The molecule has 2 rings (SSSR count). The molecule has 0 fully saturated rings. The molecule has 0 radical (unpaired) electrons. The van der Waals surface area contributed by atoms with Crippen LogP contribution in [0.5, 0.6) is 0 Å². The lowest BCUT2D eigenvalue weighted by Gasteiger charge is -2.07. The Balaban J connectivity index is 2.52. The molecule has 0 aromatic heterocycles. The van der Waals surface area contributed by atoms with E-state index in [2.05, 4.69) is 0 Å². The minimum atomic E-state index is -0.625. The Bertz CT molecular complexity index is 683. The van der Waals surface area contributed by atoms with E-state index < -0.39 is 10.8 Å². The first-order chi connectivity index (χ1) is 9.51. The van der Waals surface area contributed by atoms with Crippen molar-refractivity contribution in [3.8, 4) is 11.1 Å². The van der Waals surface area contributed by atoms with E-state index in [4.69, 9.17) is 5.21 Å². The van der Waals surface area contributed by atoms with E-state index in [9.17, 15) is 14.9 Å². The summed E-state index contributed by atoms with van der Waals surface area (Å²) < 4.78 is 0. The Morgan fingerprint density at radius 1 is 1.20 bits per heavy atom. The summed E-state index contributed by atoms with van der Waals surface area (Å²) in [7, 11) is 0. The number of nitrogens with zero attached hydrogens (tertiary/aromatic N) is 1. The Hall–Kier alpha value is -2.73. The van der Waals surface area contributed by atoms with Crippen LogP contribution < -0.4 is 5.48 Å². The molecule has 0 aliphatic rings. The summed E-state index contributed by atoms with van der Waals surface area (Å²) in [6.45, 7) is 1.80. The number of nitro benzene ring substituents is 1. The van der Waals surface area contributed by atoms with Gasteiger partial charge in [-0.3, -0.25) is 20.1 Å². The molecule has 0 heterocycles. The van der Waals surface area contributed by atoms with Crippen LogP contribution in [0.15, 0.2) is 42.5 Å². The van der Waals surface area contributed by atoms with Gasteiger partial charge < -0.3 is 0 Å². The molecule has 2 aromatic carbocycles. The first-order valence-electron chi connectivity index (χ1n) is 5.82. The minimum Gasteiger partial charge on any atom is -0.288 e. The van der Waals surface area contributed by atoms with Crippen molar-refractivity contribution in [2.45, 2.75) is 6.92 Å². The number of carbonyl (C=O) groups excluding carboxylic acids is 1. The SMILES string of the molecule is Cc1cc(C(=O)NO)cc(-c2cccc([N+](=O)[O-])c2)c1. The van der Waals surface area contributed by atoms with E-state index in [-0.39, 0.29) is 11.3 Å². The first kappa shape index (κ1) is 13.7. The Morgan fingerprint density at radius 2 is 1.95 bits per heavy atom. The van der Waals surface area contributed by atoms with Crippen LogP contribution in [0.1, 0.15) is 15.9 Å². The van der Waals surface area contributed by atoms with Crippen LogP contribution in [-0.2, 0) is 0 Å². The molecule has 0 aliphatic heterocycles. The van der Waals surface area contributed by atoms with Crippen molar-refractivity contribution in [3.63, 3.8) is 0 Å². The highest BCUT2D eigenvalue weighted by atomic mass is 16.6. The van der Waals surface area contributed by atoms with Crippen molar-refractivity contribution in [2.75, 3.05) is 0 Å². The number of carbonyl (C=O) groups is 1. The summed E-state index contributed by atoms with van der Waals surface area (Å²) in [6, 6.07) is 11.2. The molecule has 0 aliphatic carbocycles. The van der Waals surface area contributed by atoms with E-state index in [1.807, 2.05) is 6.07 Å². The molecule has 2 aromatic rings. The van der Waals surface area contributed by atoms with Crippen molar-refractivity contribution in [3.05, 3.63) is 63.7 Å². The molecule has 6 nitrogen and oxygen atoms in total. The van der Waals surface area contributed by atoms with E-state index in [1.54, 1.807) is 36.7 Å². The van der Waals surface area contributed by atoms with Gasteiger partial charge in [-0.1, -0.05) is 18.2 Å². The highest BCUT2D eigenvalue weighted by Crippen LogP contribution is 2.25. The third kappa shape index (κ3) is 2.81. The van der Waals surface area contributed by atoms with Gasteiger partial charge in [-0.05, 0) is 35.7 Å². The average molecular weight is 272 g/mol. The number of rotatable bonds is 3. The van der Waals surface area contributed by atoms with Crippen molar-refractivity contribution in [1.29, 1.82) is 0 Å². The maximum Gasteiger partial charge on any atom is 0.274 e. The molecule has 0 saturated carbocycles. The lowest BCUT2D eigenvalue weighted by Crippen LogP contribution is -2.18. The highest BCUT2D eigenvalue weighted by Gasteiger charge is 2.10. The van der Waals surface area contributed by atoms with Crippen LogP contribution in [0.2, 0.25) is 0 Å². The molecule has 0 spiro atoms. The Kier molecular flexibility index (Phi) is 3.76. The molecule has 20 heavy (non-hydrogen) atoms. The number of aryl methyl sites for hydroxylation is 1. The fraction of sp³-hybridized carbons (Fsp3) is 0.0714. The lowest BCUT2D eigenvalue weighted by molar-refractivity contribution is -0.384. The topological polar surface area (TPSA) is 92.5 Å². The largest absolute Gasteiger partial charge is 0.288 e. The zero-order valence-electron chi connectivity index (χ0n) is 10.7. The normalized spacial score (nSPS) is 10.1. The van der Waals surface area contributed by atoms with E-state index in [0.29, 0.717) is 11.1 Å². The molecular weight excluding hydrogens is 260 g/mol. The molecular formula is C14H12N2O4. The smallest absolute Gasteiger partial charge is 0.274 e. The van der Waals surface area contributed by atoms with Gasteiger partial charge in [-0.2, -0.15) is 0 Å². The zero-order chi connectivity index (χ0) is 14.7. The second-order valence-electron chi connectivity index (χ2n) is 4.34. The summed E-state index contributed by atoms with van der Waals surface area (Å²) in [5.74, 6) is -0.625. The van der Waals surface area contributed by atoms with Gasteiger partial charge in [-0.15, -0.1) is 0 Å². The number of benzene rings is 2. The van der Waals surface area contributed by atoms with Gasteiger partial charge in [-0.25, -0.2) is 5.48 Å². The van der Waals surface area contributed by atoms with Gasteiger partial charge in [0.15, 0.2) is 0 Å². The number of hydroxylamine groups is 1. The number of non-ortho nitro benzene ring substituents is 1. The quantitative estimate of drug-likeness (QED) is 0.510. The zero-order valence-corrected chi connectivity index (χ0v) is 10.7.